The molecular weight excluding hydrogens is 929 g/mol. The molecule has 388 valence electrons. The van der Waals surface area contributed by atoms with E-state index in [0.29, 0.717) is 40.7 Å². The maximum atomic E-state index is 11.4. The molecule has 5 aromatic rings. The molecule has 0 atom stereocenters. The van der Waals surface area contributed by atoms with Crippen molar-refractivity contribution in [1.82, 2.24) is 55.0 Å². The van der Waals surface area contributed by atoms with Gasteiger partial charge in [-0.05, 0) is 25.3 Å². The van der Waals surface area contributed by atoms with Crippen LogP contribution in [0.4, 0.5) is 0 Å². The lowest BCUT2D eigenvalue weighted by Gasteiger charge is -2.02. The van der Waals surface area contributed by atoms with Crippen LogP contribution >= 0.6 is 23.3 Å². The first-order valence-electron chi connectivity index (χ1n) is 22.5. The van der Waals surface area contributed by atoms with E-state index < -0.39 is 0 Å². The van der Waals surface area contributed by atoms with Crippen molar-refractivity contribution in [2.45, 2.75) is 147 Å². The number of rotatable bonds is 8. The van der Waals surface area contributed by atoms with Crippen molar-refractivity contribution < 1.29 is 23.4 Å². The van der Waals surface area contributed by atoms with E-state index in [4.69, 9.17) is 13.8 Å². The number of amidine groups is 1. The van der Waals surface area contributed by atoms with Gasteiger partial charge < -0.3 is 24.4 Å². The van der Waals surface area contributed by atoms with Crippen molar-refractivity contribution in [3.8, 4) is 0 Å². The van der Waals surface area contributed by atoms with Gasteiger partial charge in [-0.2, -0.15) is 19.7 Å². The van der Waals surface area contributed by atoms with Gasteiger partial charge in [0.1, 0.15) is 17.3 Å². The lowest BCUT2D eigenvalue weighted by atomic mass is 10.0. The van der Waals surface area contributed by atoms with Gasteiger partial charge >= 0.3 is 0 Å². The van der Waals surface area contributed by atoms with Crippen LogP contribution in [-0.2, 0) is 14.4 Å². The lowest BCUT2D eigenvalue weighted by molar-refractivity contribution is -0.124. The summed E-state index contributed by atoms with van der Waals surface area (Å²) in [5.41, 5.74) is 4.63. The first kappa shape index (κ1) is 64.9. The first-order valence-corrected chi connectivity index (χ1v) is 24.0. The van der Waals surface area contributed by atoms with Crippen LogP contribution in [0.25, 0.3) is 0 Å². The molecule has 23 heteroatoms. The molecule has 0 aliphatic carbocycles. The Hall–Kier alpha value is -6.23. The molecule has 0 unspecified atom stereocenters. The molecule has 5 aromatic heterocycles. The zero-order valence-electron chi connectivity index (χ0n) is 43.9. The van der Waals surface area contributed by atoms with Crippen molar-refractivity contribution in [3.05, 3.63) is 112 Å². The fraction of sp³-hybridized carbons (Fsp3) is 0.587. The van der Waals surface area contributed by atoms with Gasteiger partial charge in [0.05, 0.1) is 12.5 Å². The second kappa shape index (κ2) is 35.0. The van der Waals surface area contributed by atoms with E-state index in [-0.39, 0.29) is 63.5 Å². The molecule has 6 rings (SSSR count). The number of carbonyl (C=O) groups is 2. The fourth-order valence-electron chi connectivity index (χ4n) is 4.21. The Morgan fingerprint density at radius 1 is 0.710 bits per heavy atom. The number of tetrazole rings is 1. The number of amides is 2. The van der Waals surface area contributed by atoms with Gasteiger partial charge in [-0.25, -0.2) is 5.48 Å². The van der Waals surface area contributed by atoms with E-state index in [1.165, 1.54) is 30.1 Å². The van der Waals surface area contributed by atoms with E-state index in [1.807, 2.05) is 96.9 Å². The maximum Gasteiger partial charge on any atom is 0.281 e. The van der Waals surface area contributed by atoms with Crippen LogP contribution in [0, 0.1) is 24.7 Å². The quantitative estimate of drug-likeness (QED) is 0.0780. The Labute approximate surface area is 413 Å². The number of aromatic nitrogens is 8. The van der Waals surface area contributed by atoms with Gasteiger partial charge in [-0.1, -0.05) is 128 Å². The molecule has 1 aliphatic rings. The number of nitrogens with zero attached hydrogens (tertiary/aromatic N) is 5. The minimum absolute atomic E-state index is 0.0173. The number of H-pyrrole nitrogens is 4. The minimum atomic E-state index is -0.168. The molecule has 21 nitrogen and oxygen atoms in total. The average molecular weight is 1010 g/mol. The van der Waals surface area contributed by atoms with Crippen LogP contribution in [0.1, 0.15) is 174 Å². The highest BCUT2D eigenvalue weighted by Crippen LogP contribution is 2.14. The molecule has 0 spiro atoms. The summed E-state index contributed by atoms with van der Waals surface area (Å²) >= 11 is 2.53. The number of aromatic amines is 4. The molecule has 2 amide bonds. The normalized spacial score (nSPS) is 11.1. The summed E-state index contributed by atoms with van der Waals surface area (Å²) in [6.07, 6.45) is 3.01. The Bertz CT molecular complexity index is 2360. The summed E-state index contributed by atoms with van der Waals surface area (Å²) in [5.74, 6) is 5.17. The van der Waals surface area contributed by atoms with Crippen LogP contribution in [-0.4, -0.2) is 70.6 Å². The maximum absolute atomic E-state index is 11.4. The molecule has 0 saturated heterocycles. The van der Waals surface area contributed by atoms with Gasteiger partial charge in [0.2, 0.25) is 17.7 Å². The van der Waals surface area contributed by atoms with Gasteiger partial charge in [0.15, 0.2) is 11.3 Å². The highest BCUT2D eigenvalue weighted by molar-refractivity contribution is 7.05. The Morgan fingerprint density at radius 3 is 1.51 bits per heavy atom. The molecule has 0 radical (unpaired) electrons. The van der Waals surface area contributed by atoms with E-state index >= 15 is 0 Å². The average Bonchev–Trinajstić information content (AvgIpc) is 4.15. The number of nitrogens with one attached hydrogen (secondary N) is 7. The summed E-state index contributed by atoms with van der Waals surface area (Å²) in [6, 6.07) is 3.11. The summed E-state index contributed by atoms with van der Waals surface area (Å²) in [6.45, 7) is 36.7. The third kappa shape index (κ3) is 28.6. The van der Waals surface area contributed by atoms with E-state index in [1.54, 1.807) is 27.1 Å². The van der Waals surface area contributed by atoms with E-state index in [9.17, 15) is 28.8 Å². The third-order valence-electron chi connectivity index (χ3n) is 8.45. The number of carbonyl (C=O) groups excluding carboxylic acids is 2. The summed E-state index contributed by atoms with van der Waals surface area (Å²) in [5, 5.41) is 20.6. The second-order valence-corrected chi connectivity index (χ2v) is 18.8. The number of aliphatic imine (C=N–C) groups is 1. The molecule has 0 aromatic carbocycles. The van der Waals surface area contributed by atoms with Gasteiger partial charge in [-0.15, -0.1) is 10.2 Å². The third-order valence-corrected chi connectivity index (χ3v) is 10.1. The van der Waals surface area contributed by atoms with E-state index in [0.717, 1.165) is 33.8 Å². The molecule has 0 fully saturated rings. The highest BCUT2D eigenvalue weighted by Gasteiger charge is 2.12. The topological polar surface area (TPSA) is 301 Å². The molecule has 0 bridgehead atoms. The SMILES string of the molecule is C=C1N=C(C(C)C)NO1.CC(C)c1cc(=O)[nH]o1.CC(C)c1cc(=O)[nH]s1.CC(C)c1nn[nH]n1.CC(C)c1ns[nH]c1=O.CNC(=O)C(C)C.CNC(=O)C(C)C.Cc1cocc(C(C)C)c1=O. The fourth-order valence-corrected chi connectivity index (χ4v) is 5.51. The van der Waals surface area contributed by atoms with Crippen LogP contribution in [0.15, 0.2) is 70.2 Å². The predicted octanol–water partition coefficient (Wildman–Crippen LogP) is 7.82. The van der Waals surface area contributed by atoms with Crippen molar-refractivity contribution in [2.24, 2.45) is 22.7 Å². The van der Waals surface area contributed by atoms with Crippen LogP contribution in [0.3, 0.4) is 0 Å². The standard InChI is InChI=1S/C9H12O2.C6H10N2O.C6H9NO2.C6H9NOS.C5H8N2OS.2C5H11NO.C4H8N4/c1-6(2)8-5-11-4-7(3)9(8)10;1-4(2)6-7-5(3)9-8-6;2*1-4(2)5-3-6(8)7-9-5;1-3(2)4-5(8)7-9-6-4;2*1-4(2)5(7)6-3;1-3(2)4-5-7-8-6-4/h4-6H,1-3H3;4H,3H2,1-2H3,(H,7,8);2*3-4H,1-2H3,(H,7,8);3H,1-2H3,(H,7,8);2*4H,1-3H3,(H,6,7);3H,1-2H3,(H,5,6,7,8). The molecule has 69 heavy (non-hydrogen) atoms. The Morgan fingerprint density at radius 2 is 1.29 bits per heavy atom. The van der Waals surface area contributed by atoms with Crippen LogP contribution in [0.5, 0.6) is 0 Å². The molecule has 6 heterocycles. The summed E-state index contributed by atoms with van der Waals surface area (Å²) in [4.78, 5) is 73.8. The Balaban J connectivity index is 0. The van der Waals surface area contributed by atoms with Gasteiger partial charge in [0.25, 0.3) is 16.7 Å². The van der Waals surface area contributed by atoms with Gasteiger partial charge in [0, 0.05) is 89.5 Å². The lowest BCUT2D eigenvalue weighted by Crippen LogP contribution is -2.22. The van der Waals surface area contributed by atoms with Crippen LogP contribution < -0.4 is 38.2 Å². The van der Waals surface area contributed by atoms with Crippen LogP contribution in [0.2, 0.25) is 0 Å². The monoisotopic (exact) mass is 1010 g/mol. The molecule has 1 aliphatic heterocycles. The Kier molecular flexibility index (Phi) is 32.9. The molecule has 0 saturated carbocycles. The highest BCUT2D eigenvalue weighted by atomic mass is 32.1. The minimum Gasteiger partial charge on any atom is -0.472 e. The van der Waals surface area contributed by atoms with Gasteiger partial charge in [-0.3, -0.25) is 37.5 Å². The number of hydrogen-bond acceptors (Lipinski definition) is 17. The predicted molar refractivity (Wildman–Crippen MR) is 275 cm³/mol. The number of hydrogen-bond donors (Lipinski definition) is 7. The number of aryl methyl sites for hydroxylation is 1. The summed E-state index contributed by atoms with van der Waals surface area (Å²) in [7, 11) is 3.28. The largest absolute Gasteiger partial charge is 0.472 e. The van der Waals surface area contributed by atoms with Crippen molar-refractivity contribution in [2.75, 3.05) is 14.1 Å². The first-order chi connectivity index (χ1) is 32.1. The second-order valence-electron chi connectivity index (χ2n) is 17.4. The zero-order chi connectivity index (χ0) is 53.6. The molecular formula is C46H78N12O9S2. The van der Waals surface area contributed by atoms with Crippen molar-refractivity contribution in [3.63, 3.8) is 0 Å². The van der Waals surface area contributed by atoms with Crippen molar-refractivity contribution in [1.29, 1.82) is 0 Å². The van der Waals surface area contributed by atoms with Crippen molar-refractivity contribution >= 4 is 40.9 Å². The number of hydroxylamine groups is 1. The summed E-state index contributed by atoms with van der Waals surface area (Å²) < 4.78 is 18.8. The smallest absolute Gasteiger partial charge is 0.281 e. The zero-order valence-corrected chi connectivity index (χ0v) is 45.5. The van der Waals surface area contributed by atoms with E-state index in [2.05, 4.69) is 80.4 Å². The molecule has 7 N–H and O–H groups in total.